The fourth-order valence-electron chi connectivity index (χ4n) is 1.99. The molecule has 0 aliphatic rings. The first-order valence-corrected chi connectivity index (χ1v) is 10.5. The van der Waals surface area contributed by atoms with Gasteiger partial charge in [-0.15, -0.1) is 22.7 Å². The SMILES string of the molecule is COC(=O)CC(NS(=O)(=O)c1ccc(CNC(C)=O)s1)c1cccs1. The Labute approximate surface area is 154 Å². The Kier molecular flexibility index (Phi) is 6.71. The van der Waals surface area contributed by atoms with E-state index in [1.165, 1.54) is 31.4 Å². The Balaban J connectivity index is 2.16. The summed E-state index contributed by atoms with van der Waals surface area (Å²) in [5, 5.41) is 4.43. The second-order valence-electron chi connectivity index (χ2n) is 5.10. The standard InChI is InChI=1S/C15H18N2O5S3/c1-10(18)16-9-11-5-6-15(24-11)25(20,21)17-12(8-14(19)22-2)13-4-3-7-23-13/h3-7,12,17H,8-9H2,1-2H3,(H,16,18). The van der Waals surface area contributed by atoms with Crippen LogP contribution in [0.5, 0.6) is 0 Å². The molecule has 25 heavy (non-hydrogen) atoms. The van der Waals surface area contributed by atoms with Crippen molar-refractivity contribution in [2.24, 2.45) is 0 Å². The van der Waals surface area contributed by atoms with Crippen molar-refractivity contribution in [1.82, 2.24) is 10.0 Å². The van der Waals surface area contributed by atoms with Crippen molar-refractivity contribution in [1.29, 1.82) is 0 Å². The Morgan fingerprint density at radius 2 is 2.04 bits per heavy atom. The van der Waals surface area contributed by atoms with Gasteiger partial charge >= 0.3 is 5.97 Å². The lowest BCUT2D eigenvalue weighted by molar-refractivity contribution is -0.141. The lowest BCUT2D eigenvalue weighted by Crippen LogP contribution is -2.29. The number of ether oxygens (including phenoxy) is 1. The molecule has 2 rings (SSSR count). The van der Waals surface area contributed by atoms with Gasteiger partial charge in [0.25, 0.3) is 10.0 Å². The largest absolute Gasteiger partial charge is 0.469 e. The van der Waals surface area contributed by atoms with E-state index in [2.05, 4.69) is 14.8 Å². The molecule has 0 aliphatic carbocycles. The van der Waals surface area contributed by atoms with Crippen LogP contribution in [0.25, 0.3) is 0 Å². The van der Waals surface area contributed by atoms with Gasteiger partial charge in [-0.2, -0.15) is 0 Å². The van der Waals surface area contributed by atoms with E-state index in [1.54, 1.807) is 18.2 Å². The fourth-order valence-corrected chi connectivity index (χ4v) is 5.37. The molecular formula is C15H18N2O5S3. The van der Waals surface area contributed by atoms with Gasteiger partial charge in [-0.1, -0.05) is 6.07 Å². The topological polar surface area (TPSA) is 102 Å². The van der Waals surface area contributed by atoms with Gasteiger partial charge in [0, 0.05) is 16.7 Å². The normalized spacial score (nSPS) is 12.6. The Morgan fingerprint density at radius 1 is 1.28 bits per heavy atom. The minimum Gasteiger partial charge on any atom is -0.469 e. The molecule has 1 atom stereocenters. The molecule has 0 radical (unpaired) electrons. The molecule has 2 heterocycles. The molecule has 7 nitrogen and oxygen atoms in total. The lowest BCUT2D eigenvalue weighted by Gasteiger charge is -2.15. The molecule has 1 amide bonds. The number of hydrogen-bond donors (Lipinski definition) is 2. The number of carbonyl (C=O) groups is 2. The Bertz CT molecular complexity index is 827. The Hall–Kier alpha value is -1.75. The van der Waals surface area contributed by atoms with Gasteiger partial charge in [-0.25, -0.2) is 13.1 Å². The highest BCUT2D eigenvalue weighted by Crippen LogP contribution is 2.27. The predicted molar refractivity (Wildman–Crippen MR) is 95.9 cm³/mol. The highest BCUT2D eigenvalue weighted by Gasteiger charge is 2.26. The summed E-state index contributed by atoms with van der Waals surface area (Å²) in [5.41, 5.74) is 0. The molecule has 1 unspecified atom stereocenters. The molecule has 0 aliphatic heterocycles. The quantitative estimate of drug-likeness (QED) is 0.658. The second kappa shape index (κ2) is 8.56. The molecule has 0 saturated carbocycles. The van der Waals surface area contributed by atoms with Crippen LogP contribution in [0.3, 0.4) is 0 Å². The van der Waals surface area contributed by atoms with Crippen molar-refractivity contribution >= 4 is 44.6 Å². The maximum Gasteiger partial charge on any atom is 0.307 e. The third kappa shape index (κ3) is 5.63. The minimum atomic E-state index is -3.80. The molecule has 0 fully saturated rings. The van der Waals surface area contributed by atoms with Crippen LogP contribution in [0.15, 0.2) is 33.9 Å². The van der Waals surface area contributed by atoms with Crippen molar-refractivity contribution in [3.05, 3.63) is 39.4 Å². The minimum absolute atomic E-state index is 0.0969. The van der Waals surface area contributed by atoms with Crippen LogP contribution < -0.4 is 10.0 Å². The maximum atomic E-state index is 12.6. The number of thiophene rings is 2. The van der Waals surface area contributed by atoms with Crippen LogP contribution in [-0.4, -0.2) is 27.4 Å². The number of carbonyl (C=O) groups excluding carboxylic acids is 2. The average Bonchev–Trinajstić information content (AvgIpc) is 3.23. The monoisotopic (exact) mass is 402 g/mol. The maximum absolute atomic E-state index is 12.6. The summed E-state index contributed by atoms with van der Waals surface area (Å²) in [6.07, 6.45) is -0.0969. The number of rotatable bonds is 8. The van der Waals surface area contributed by atoms with Crippen molar-refractivity contribution in [3.8, 4) is 0 Å². The van der Waals surface area contributed by atoms with E-state index in [9.17, 15) is 18.0 Å². The first-order chi connectivity index (χ1) is 11.8. The number of esters is 1. The van der Waals surface area contributed by atoms with E-state index in [-0.39, 0.29) is 23.1 Å². The predicted octanol–water partition coefficient (Wildman–Crippen LogP) is 2.03. The summed E-state index contributed by atoms with van der Waals surface area (Å²) >= 11 is 2.42. The van der Waals surface area contributed by atoms with E-state index in [1.807, 2.05) is 5.38 Å². The first-order valence-electron chi connectivity index (χ1n) is 7.27. The summed E-state index contributed by atoms with van der Waals surface area (Å²) in [7, 11) is -2.54. The molecule has 2 aromatic rings. The van der Waals surface area contributed by atoms with Gasteiger partial charge in [-0.05, 0) is 23.6 Å². The molecule has 2 aromatic heterocycles. The highest BCUT2D eigenvalue weighted by atomic mass is 32.2. The lowest BCUT2D eigenvalue weighted by atomic mass is 10.2. The van der Waals surface area contributed by atoms with Gasteiger partial charge in [0.1, 0.15) is 4.21 Å². The molecule has 0 aromatic carbocycles. The molecule has 0 bridgehead atoms. The first kappa shape index (κ1) is 19.6. The summed E-state index contributed by atoms with van der Waals surface area (Å²) in [6.45, 7) is 1.66. The zero-order valence-electron chi connectivity index (χ0n) is 13.6. The summed E-state index contributed by atoms with van der Waals surface area (Å²) in [6, 6.07) is 5.98. The average molecular weight is 403 g/mol. The molecule has 136 valence electrons. The van der Waals surface area contributed by atoms with Gasteiger partial charge in [0.05, 0.1) is 26.1 Å². The number of nitrogens with one attached hydrogen (secondary N) is 2. The number of hydrogen-bond acceptors (Lipinski definition) is 7. The van der Waals surface area contributed by atoms with E-state index in [0.717, 1.165) is 21.1 Å². The fraction of sp³-hybridized carbons (Fsp3) is 0.333. The number of amides is 1. The molecule has 0 spiro atoms. The summed E-state index contributed by atoms with van der Waals surface area (Å²) in [5.74, 6) is -0.689. The van der Waals surface area contributed by atoms with Crippen LogP contribution >= 0.6 is 22.7 Å². The summed E-state index contributed by atoms with van der Waals surface area (Å²) < 4.78 is 32.6. The van der Waals surface area contributed by atoms with Crippen LogP contribution in [0.1, 0.15) is 29.1 Å². The van der Waals surface area contributed by atoms with Crippen LogP contribution in [0.2, 0.25) is 0 Å². The van der Waals surface area contributed by atoms with Gasteiger partial charge in [0.2, 0.25) is 5.91 Å². The third-order valence-corrected chi connectivity index (χ3v) is 7.23. The van der Waals surface area contributed by atoms with Crippen LogP contribution in [0.4, 0.5) is 0 Å². The van der Waals surface area contributed by atoms with Gasteiger partial charge in [0.15, 0.2) is 0 Å². The van der Waals surface area contributed by atoms with E-state index in [0.29, 0.717) is 0 Å². The van der Waals surface area contributed by atoms with E-state index in [4.69, 9.17) is 0 Å². The number of methoxy groups -OCH3 is 1. The molecule has 0 saturated heterocycles. The van der Waals surface area contributed by atoms with Crippen molar-refractivity contribution < 1.29 is 22.7 Å². The Morgan fingerprint density at radius 3 is 2.64 bits per heavy atom. The van der Waals surface area contributed by atoms with Crippen molar-refractivity contribution in [3.63, 3.8) is 0 Å². The third-order valence-electron chi connectivity index (χ3n) is 3.20. The molecule has 2 N–H and O–H groups in total. The molecular weight excluding hydrogens is 384 g/mol. The highest BCUT2D eigenvalue weighted by molar-refractivity contribution is 7.91. The summed E-state index contributed by atoms with van der Waals surface area (Å²) in [4.78, 5) is 24.0. The smallest absolute Gasteiger partial charge is 0.307 e. The molecule has 10 heteroatoms. The number of sulfonamides is 1. The van der Waals surface area contributed by atoms with Gasteiger partial charge < -0.3 is 10.1 Å². The zero-order chi connectivity index (χ0) is 18.4. The van der Waals surface area contributed by atoms with E-state index >= 15 is 0 Å². The van der Waals surface area contributed by atoms with Gasteiger partial charge in [-0.3, -0.25) is 9.59 Å². The zero-order valence-corrected chi connectivity index (χ0v) is 16.1. The van der Waals surface area contributed by atoms with Crippen LogP contribution in [-0.2, 0) is 30.9 Å². The van der Waals surface area contributed by atoms with Crippen molar-refractivity contribution in [2.75, 3.05) is 7.11 Å². The van der Waals surface area contributed by atoms with Crippen molar-refractivity contribution in [2.45, 2.75) is 30.1 Å². The van der Waals surface area contributed by atoms with Crippen LogP contribution in [0, 0.1) is 0 Å². The second-order valence-corrected chi connectivity index (χ2v) is 9.19. The van der Waals surface area contributed by atoms with E-state index < -0.39 is 22.0 Å².